The molecule has 6 atom stereocenters. The Morgan fingerprint density at radius 1 is 1.06 bits per heavy atom. The second kappa shape index (κ2) is 14.5. The van der Waals surface area contributed by atoms with Crippen molar-refractivity contribution in [1.82, 2.24) is 14.5 Å². The van der Waals surface area contributed by atoms with E-state index in [9.17, 15) is 18.0 Å². The van der Waals surface area contributed by atoms with E-state index in [-0.39, 0.29) is 43.9 Å². The van der Waals surface area contributed by atoms with E-state index in [1.165, 1.54) is 13.0 Å². The topological polar surface area (TPSA) is 118 Å². The molecule has 5 aliphatic rings. The molecule has 2 amide bonds. The van der Waals surface area contributed by atoms with Gasteiger partial charge >= 0.3 is 0 Å². The Morgan fingerprint density at radius 2 is 1.81 bits per heavy atom. The van der Waals surface area contributed by atoms with E-state index in [0.29, 0.717) is 48.9 Å². The lowest BCUT2D eigenvalue weighted by molar-refractivity contribution is -0.137. The van der Waals surface area contributed by atoms with Gasteiger partial charge in [-0.3, -0.25) is 14.5 Å². The van der Waals surface area contributed by atoms with Gasteiger partial charge in [-0.25, -0.2) is 17.5 Å². The molecule has 5 heterocycles. The maximum atomic E-state index is 17.3. The zero-order chi connectivity index (χ0) is 36.9. The van der Waals surface area contributed by atoms with Crippen molar-refractivity contribution in [3.8, 4) is 5.75 Å². The molecule has 52 heavy (non-hydrogen) atoms. The Bertz CT molecular complexity index is 1870. The highest BCUT2D eigenvalue weighted by Gasteiger charge is 2.53. The number of rotatable bonds is 3. The number of nitrogens with zero attached hydrogens (tertiary/aromatic N) is 3. The van der Waals surface area contributed by atoms with Crippen molar-refractivity contribution >= 4 is 39.1 Å². The van der Waals surface area contributed by atoms with Gasteiger partial charge < -0.3 is 24.0 Å². The fraction of sp³-hybridized carbons (Fsp3) is 0.579. The van der Waals surface area contributed by atoms with Gasteiger partial charge in [0.1, 0.15) is 36.4 Å². The third kappa shape index (κ3) is 6.61. The number of benzene rings is 2. The van der Waals surface area contributed by atoms with Crippen molar-refractivity contribution in [2.75, 3.05) is 51.8 Å². The molecule has 0 aromatic heterocycles. The summed E-state index contributed by atoms with van der Waals surface area (Å²) in [4.78, 5) is 34.3. The SMILES string of the molecule is CO[C@H]1CN(C(=O)[C@H]2/C(F)=C/C[C@H](C)[C@@H](C)S(=O)(=O)NC(=O)c3ccc4c(c3)N3CCCCc5cc(Cl)cc(c5CO4)[C@]4(CCCN24)C3)C[C@H]1OC. The molecular formula is C38H48ClFN4O7S. The molecule has 7 bridgehead atoms. The molecule has 1 spiro atoms. The molecule has 2 aromatic carbocycles. The van der Waals surface area contributed by atoms with Crippen molar-refractivity contribution < 1.29 is 36.6 Å². The van der Waals surface area contributed by atoms with Crippen LogP contribution in [0.2, 0.25) is 5.02 Å². The normalized spacial score (nSPS) is 31.7. The first-order valence-corrected chi connectivity index (χ1v) is 20.2. The molecule has 0 unspecified atom stereocenters. The summed E-state index contributed by atoms with van der Waals surface area (Å²) < 4.78 is 64.5. The van der Waals surface area contributed by atoms with Gasteiger partial charge in [-0.05, 0) is 98.4 Å². The van der Waals surface area contributed by atoms with Crippen LogP contribution in [0, 0.1) is 5.92 Å². The summed E-state index contributed by atoms with van der Waals surface area (Å²) in [5.41, 5.74) is 2.87. The monoisotopic (exact) mass is 758 g/mol. The van der Waals surface area contributed by atoms with E-state index in [0.717, 1.165) is 36.0 Å². The smallest absolute Gasteiger partial charge is 0.264 e. The van der Waals surface area contributed by atoms with E-state index in [1.807, 2.05) is 17.0 Å². The zero-order valence-corrected chi connectivity index (χ0v) is 31.8. The van der Waals surface area contributed by atoms with Gasteiger partial charge in [0.15, 0.2) is 0 Å². The molecule has 0 saturated carbocycles. The summed E-state index contributed by atoms with van der Waals surface area (Å²) in [6, 6.07) is 7.64. The molecule has 0 radical (unpaired) electrons. The number of likely N-dealkylation sites (tertiary alicyclic amines) is 1. The van der Waals surface area contributed by atoms with Gasteiger partial charge in [-0.2, -0.15) is 0 Å². The van der Waals surface area contributed by atoms with Gasteiger partial charge in [0.05, 0.1) is 16.5 Å². The number of allylic oxidation sites excluding steroid dienone is 1. The van der Waals surface area contributed by atoms with Crippen LogP contribution < -0.4 is 14.4 Å². The summed E-state index contributed by atoms with van der Waals surface area (Å²) in [5, 5.41) is -0.471. The average Bonchev–Trinajstić information content (AvgIpc) is 3.74. The van der Waals surface area contributed by atoms with Crippen molar-refractivity contribution in [3.63, 3.8) is 0 Å². The minimum Gasteiger partial charge on any atom is -0.487 e. The molecule has 0 aliphatic carbocycles. The Morgan fingerprint density at radius 3 is 2.54 bits per heavy atom. The van der Waals surface area contributed by atoms with E-state index in [2.05, 4.69) is 9.62 Å². The predicted molar refractivity (Wildman–Crippen MR) is 196 cm³/mol. The number of carbonyl (C=O) groups excluding carboxylic acids is 2. The van der Waals surface area contributed by atoms with Crippen LogP contribution in [0.25, 0.3) is 0 Å². The molecule has 5 aliphatic heterocycles. The third-order valence-corrected chi connectivity index (χ3v) is 14.1. The molecule has 2 aromatic rings. The number of methoxy groups -OCH3 is 2. The first-order chi connectivity index (χ1) is 24.9. The minimum atomic E-state index is -4.15. The highest BCUT2D eigenvalue weighted by molar-refractivity contribution is 7.90. The first-order valence-electron chi connectivity index (χ1n) is 18.2. The quantitative estimate of drug-likeness (QED) is 0.465. The standard InChI is InChI=1S/C38H48ClFN4O7S/c1-23-9-11-30(40)35(37(46)43-19-33(49-3)34(20-43)50-4)44-15-7-13-38(44)22-42-14-6-5-8-25-16-27(39)18-29(38)28(25)21-51-32-12-10-26(17-31(32)42)36(45)41-52(47,48)24(23)2/h10-12,16-18,23-24,33-35H,5-9,13-15,19-22H2,1-4H3,(H,41,45)/b30-11-/t23-,24+,33-,34+,35+,38-/m0/s1. The van der Waals surface area contributed by atoms with Crippen molar-refractivity contribution in [2.24, 2.45) is 5.92 Å². The number of halogens is 2. The maximum Gasteiger partial charge on any atom is 0.264 e. The van der Waals surface area contributed by atoms with Gasteiger partial charge in [0.2, 0.25) is 15.9 Å². The number of aryl methyl sites for hydroxylation is 1. The lowest BCUT2D eigenvalue weighted by atomic mass is 9.79. The molecule has 2 saturated heterocycles. The summed E-state index contributed by atoms with van der Waals surface area (Å²) in [7, 11) is -1.00. The largest absolute Gasteiger partial charge is 0.487 e. The van der Waals surface area contributed by atoms with Crippen LogP contribution in [0.15, 0.2) is 42.2 Å². The summed E-state index contributed by atoms with van der Waals surface area (Å²) in [6.07, 6.45) is 4.39. The second-order valence-electron chi connectivity index (χ2n) is 14.9. The predicted octanol–water partition coefficient (Wildman–Crippen LogP) is 4.95. The van der Waals surface area contributed by atoms with Crippen LogP contribution >= 0.6 is 11.6 Å². The average molecular weight is 759 g/mol. The summed E-state index contributed by atoms with van der Waals surface area (Å²) in [5.74, 6) is -1.83. The van der Waals surface area contributed by atoms with E-state index < -0.39 is 50.4 Å². The van der Waals surface area contributed by atoms with Crippen LogP contribution in [0.3, 0.4) is 0 Å². The van der Waals surface area contributed by atoms with Crippen LogP contribution in [0.4, 0.5) is 10.1 Å². The van der Waals surface area contributed by atoms with Gasteiger partial charge in [-0.1, -0.05) is 24.6 Å². The summed E-state index contributed by atoms with van der Waals surface area (Å²) in [6.45, 7) is 5.26. The van der Waals surface area contributed by atoms with Crippen LogP contribution in [-0.2, 0) is 42.9 Å². The number of amides is 2. The fourth-order valence-corrected chi connectivity index (χ4v) is 10.4. The zero-order valence-electron chi connectivity index (χ0n) is 30.2. The Balaban J connectivity index is 1.47. The molecule has 11 nitrogen and oxygen atoms in total. The number of hydrogen-bond donors (Lipinski definition) is 1. The lowest BCUT2D eigenvalue weighted by Crippen LogP contribution is -2.59. The number of anilines is 1. The number of ether oxygens (including phenoxy) is 3. The Hall–Kier alpha value is -3.23. The fourth-order valence-electron chi connectivity index (χ4n) is 8.86. The van der Waals surface area contributed by atoms with E-state index in [4.69, 9.17) is 25.8 Å². The Kier molecular flexibility index (Phi) is 10.4. The number of hydrogen-bond acceptors (Lipinski definition) is 9. The number of carbonyl (C=O) groups is 2. The molecule has 7 rings (SSSR count). The third-order valence-electron chi connectivity index (χ3n) is 12.0. The first kappa shape index (κ1) is 37.1. The second-order valence-corrected chi connectivity index (χ2v) is 17.4. The van der Waals surface area contributed by atoms with E-state index >= 15 is 4.39 Å². The Labute approximate surface area is 310 Å². The number of nitrogens with one attached hydrogen (secondary N) is 1. The maximum absolute atomic E-state index is 17.3. The van der Waals surface area contributed by atoms with Gasteiger partial charge in [0.25, 0.3) is 5.91 Å². The molecule has 2 fully saturated rings. The number of sulfonamides is 1. The highest BCUT2D eigenvalue weighted by atomic mass is 35.5. The lowest BCUT2D eigenvalue weighted by Gasteiger charge is -2.47. The van der Waals surface area contributed by atoms with Crippen LogP contribution in [0.5, 0.6) is 5.75 Å². The molecule has 14 heteroatoms. The van der Waals surface area contributed by atoms with Gasteiger partial charge in [0, 0.05) is 57.5 Å². The van der Waals surface area contributed by atoms with Gasteiger partial charge in [-0.15, -0.1) is 0 Å². The van der Waals surface area contributed by atoms with E-state index in [1.54, 1.807) is 44.2 Å². The van der Waals surface area contributed by atoms with Crippen molar-refractivity contribution in [1.29, 1.82) is 0 Å². The molecular weight excluding hydrogens is 711 g/mol. The summed E-state index contributed by atoms with van der Waals surface area (Å²) >= 11 is 6.92. The van der Waals surface area contributed by atoms with Crippen molar-refractivity contribution in [3.05, 3.63) is 69.5 Å². The molecule has 282 valence electrons. The number of fused-ring (bicyclic) bond motifs is 1. The van der Waals surface area contributed by atoms with Crippen LogP contribution in [-0.4, -0.2) is 100 Å². The molecule has 1 N–H and O–H groups in total. The highest BCUT2D eigenvalue weighted by Crippen LogP contribution is 2.49. The van der Waals surface area contributed by atoms with Crippen LogP contribution in [0.1, 0.15) is 73.0 Å². The van der Waals surface area contributed by atoms with Crippen molar-refractivity contribution in [2.45, 2.75) is 88.0 Å². The minimum absolute atomic E-state index is 0.0273.